The number of hydrogen-bond acceptors (Lipinski definition) is 6. The van der Waals surface area contributed by atoms with E-state index in [0.717, 1.165) is 56.9 Å². The number of halogens is 1. The van der Waals surface area contributed by atoms with E-state index in [9.17, 15) is 10.1 Å². The second-order valence-corrected chi connectivity index (χ2v) is 7.56. The lowest BCUT2D eigenvalue weighted by Crippen LogP contribution is -2.44. The lowest BCUT2D eigenvalue weighted by molar-refractivity contribution is -0.389. The summed E-state index contributed by atoms with van der Waals surface area (Å²) in [5.41, 5.74) is 2.12. The maximum atomic E-state index is 10.9. The van der Waals surface area contributed by atoms with Gasteiger partial charge in [-0.2, -0.15) is 4.68 Å². The summed E-state index contributed by atoms with van der Waals surface area (Å²) in [5, 5.41) is 14.9. The van der Waals surface area contributed by atoms with Crippen molar-refractivity contribution >= 4 is 17.4 Å². The van der Waals surface area contributed by atoms with Crippen LogP contribution in [0.2, 0.25) is 5.02 Å². The molecule has 0 radical (unpaired) electrons. The maximum absolute atomic E-state index is 10.9. The van der Waals surface area contributed by atoms with Gasteiger partial charge in [-0.25, -0.2) is 0 Å². The molecule has 1 aliphatic heterocycles. The zero-order chi connectivity index (χ0) is 20.1. The van der Waals surface area contributed by atoms with Gasteiger partial charge in [0.2, 0.25) is 0 Å². The maximum Gasteiger partial charge on any atom is 0.408 e. The third-order valence-corrected chi connectivity index (χ3v) is 5.36. The second-order valence-electron chi connectivity index (χ2n) is 7.15. The van der Waals surface area contributed by atoms with Crippen LogP contribution in [0.4, 0.5) is 5.82 Å². The van der Waals surface area contributed by atoms with Crippen molar-refractivity contribution in [1.82, 2.24) is 19.6 Å². The van der Waals surface area contributed by atoms with Crippen LogP contribution in [0.25, 0.3) is 0 Å². The van der Waals surface area contributed by atoms with Gasteiger partial charge >= 0.3 is 5.82 Å². The van der Waals surface area contributed by atoms with Crippen LogP contribution in [-0.4, -0.2) is 71.4 Å². The van der Waals surface area contributed by atoms with Crippen LogP contribution < -0.4 is 4.74 Å². The summed E-state index contributed by atoms with van der Waals surface area (Å²) in [4.78, 5) is 15.2. The highest BCUT2D eigenvalue weighted by atomic mass is 35.5. The molecule has 0 atom stereocenters. The molecule has 1 fully saturated rings. The number of hydrogen-bond donors (Lipinski definition) is 0. The number of aryl methyl sites for hydroxylation is 1. The number of piperazine rings is 1. The first-order chi connectivity index (χ1) is 13.5. The lowest BCUT2D eigenvalue weighted by Gasteiger charge is -2.32. The first kappa shape index (κ1) is 20.6. The molecule has 0 bridgehead atoms. The van der Waals surface area contributed by atoms with Crippen LogP contribution in [0, 0.1) is 10.1 Å². The van der Waals surface area contributed by atoms with Gasteiger partial charge in [0, 0.05) is 31.7 Å². The number of ether oxygens (including phenoxy) is 1. The van der Waals surface area contributed by atoms with Crippen molar-refractivity contribution in [2.75, 3.05) is 46.9 Å². The number of nitrogens with zero attached hydrogens (tertiary/aromatic N) is 5. The van der Waals surface area contributed by atoms with Gasteiger partial charge < -0.3 is 24.7 Å². The molecular weight excluding hydrogens is 382 g/mol. The second kappa shape index (κ2) is 9.36. The Bertz CT molecular complexity index is 818. The number of methoxy groups -OCH3 is 1. The van der Waals surface area contributed by atoms with E-state index >= 15 is 0 Å². The van der Waals surface area contributed by atoms with Gasteiger partial charge in [-0.15, -0.1) is 0 Å². The first-order valence-electron chi connectivity index (χ1n) is 9.40. The Labute approximate surface area is 169 Å². The van der Waals surface area contributed by atoms with Gasteiger partial charge in [-0.3, -0.25) is 0 Å². The molecule has 9 heteroatoms. The first-order valence-corrected chi connectivity index (χ1v) is 9.78. The van der Waals surface area contributed by atoms with Gasteiger partial charge in [0.25, 0.3) is 0 Å². The van der Waals surface area contributed by atoms with Gasteiger partial charge in [-0.1, -0.05) is 23.7 Å². The molecule has 1 aromatic carbocycles. The summed E-state index contributed by atoms with van der Waals surface area (Å²) in [6, 6.07) is 6.12. The zero-order valence-corrected chi connectivity index (χ0v) is 17.1. The summed E-state index contributed by atoms with van der Waals surface area (Å²) < 4.78 is 6.99. The highest BCUT2D eigenvalue weighted by molar-refractivity contribution is 6.32. The average molecular weight is 408 g/mol. The molecule has 0 N–H and O–H groups in total. The molecule has 0 spiro atoms. The number of benzene rings is 1. The molecule has 0 aliphatic carbocycles. The third-order valence-electron chi connectivity index (χ3n) is 5.09. The topological polar surface area (TPSA) is 76.7 Å². The van der Waals surface area contributed by atoms with E-state index in [1.54, 1.807) is 7.11 Å². The summed E-state index contributed by atoms with van der Waals surface area (Å²) in [5.74, 6) is 0.424. The van der Waals surface area contributed by atoms with Crippen LogP contribution >= 0.6 is 11.6 Å². The molecule has 28 heavy (non-hydrogen) atoms. The lowest BCUT2D eigenvalue weighted by atomic mass is 10.1. The van der Waals surface area contributed by atoms with Gasteiger partial charge in [0.1, 0.15) is 5.75 Å². The largest absolute Gasteiger partial charge is 0.496 e. The van der Waals surface area contributed by atoms with Crippen molar-refractivity contribution in [1.29, 1.82) is 0 Å². The van der Waals surface area contributed by atoms with Crippen LogP contribution in [-0.2, 0) is 13.0 Å². The fourth-order valence-corrected chi connectivity index (χ4v) is 3.64. The fraction of sp³-hybridized carbons (Fsp3) is 0.526. The molecule has 2 aromatic rings. The summed E-state index contributed by atoms with van der Waals surface area (Å²) in [6.45, 7) is 6.01. The van der Waals surface area contributed by atoms with E-state index in [1.165, 1.54) is 16.4 Å². The van der Waals surface area contributed by atoms with Crippen molar-refractivity contribution in [3.8, 4) is 5.75 Å². The number of rotatable bonds is 8. The van der Waals surface area contributed by atoms with Crippen molar-refractivity contribution in [3.63, 3.8) is 0 Å². The molecule has 1 aliphatic rings. The predicted molar refractivity (Wildman–Crippen MR) is 108 cm³/mol. The normalized spacial score (nSPS) is 15.7. The number of aromatic nitrogens is 2. The van der Waals surface area contributed by atoms with Crippen molar-refractivity contribution in [2.45, 2.75) is 19.4 Å². The van der Waals surface area contributed by atoms with Crippen LogP contribution in [0.3, 0.4) is 0 Å². The summed E-state index contributed by atoms with van der Waals surface area (Å²) in [6.07, 6.45) is 3.55. The standard InChI is InChI=1S/C19H26ClN5O3/c1-22-8-10-23(11-9-22)7-3-4-15-5-6-16(18(12-15)28-2)13-24-14-17(20)19(21-24)25(26)27/h5-6,12,14H,3-4,7-11,13H2,1-2H3. The van der Waals surface area contributed by atoms with Gasteiger partial charge in [0.15, 0.2) is 5.02 Å². The van der Waals surface area contributed by atoms with E-state index in [1.807, 2.05) is 12.1 Å². The summed E-state index contributed by atoms with van der Waals surface area (Å²) in [7, 11) is 3.80. The highest BCUT2D eigenvalue weighted by Crippen LogP contribution is 2.25. The fourth-order valence-electron chi connectivity index (χ4n) is 3.42. The predicted octanol–water partition coefficient (Wildman–Crippen LogP) is 2.68. The summed E-state index contributed by atoms with van der Waals surface area (Å²) >= 11 is 5.87. The SMILES string of the molecule is COc1cc(CCCN2CCN(C)CC2)ccc1Cn1cc(Cl)c([N+](=O)[O-])n1. The van der Waals surface area contributed by atoms with Gasteiger partial charge in [-0.05, 0) is 43.0 Å². The van der Waals surface area contributed by atoms with E-state index in [-0.39, 0.29) is 10.8 Å². The zero-order valence-electron chi connectivity index (χ0n) is 16.3. The van der Waals surface area contributed by atoms with Crippen LogP contribution in [0.15, 0.2) is 24.4 Å². The van der Waals surface area contributed by atoms with E-state index in [0.29, 0.717) is 6.54 Å². The Kier molecular flexibility index (Phi) is 6.88. The van der Waals surface area contributed by atoms with E-state index in [2.05, 4.69) is 28.0 Å². The highest BCUT2D eigenvalue weighted by Gasteiger charge is 2.20. The molecule has 0 saturated carbocycles. The molecule has 0 amide bonds. The van der Waals surface area contributed by atoms with Crippen molar-refractivity contribution < 1.29 is 9.66 Å². The molecule has 0 unspecified atom stereocenters. The number of nitro groups is 1. The van der Waals surface area contributed by atoms with Crippen LogP contribution in [0.1, 0.15) is 17.5 Å². The minimum atomic E-state index is -0.584. The Hall–Kier alpha value is -2.16. The monoisotopic (exact) mass is 407 g/mol. The molecule has 1 saturated heterocycles. The molecule has 3 rings (SSSR count). The third kappa shape index (κ3) is 5.21. The van der Waals surface area contributed by atoms with E-state index in [4.69, 9.17) is 16.3 Å². The smallest absolute Gasteiger partial charge is 0.408 e. The minimum Gasteiger partial charge on any atom is -0.496 e. The Balaban J connectivity index is 1.59. The molecule has 152 valence electrons. The average Bonchev–Trinajstić information content (AvgIpc) is 3.05. The number of likely N-dealkylation sites (N-methyl/N-ethyl adjacent to an activating group) is 1. The Morgan fingerprint density at radius 2 is 2.04 bits per heavy atom. The minimum absolute atomic E-state index is 0.0319. The Morgan fingerprint density at radius 1 is 1.29 bits per heavy atom. The molecule has 2 heterocycles. The van der Waals surface area contributed by atoms with Gasteiger partial charge in [0.05, 0.1) is 25.0 Å². The molecule has 8 nitrogen and oxygen atoms in total. The van der Waals surface area contributed by atoms with Crippen molar-refractivity contribution in [3.05, 3.63) is 50.7 Å². The Morgan fingerprint density at radius 3 is 2.68 bits per heavy atom. The molecule has 1 aromatic heterocycles. The molecular formula is C19H26ClN5O3. The van der Waals surface area contributed by atoms with Crippen molar-refractivity contribution in [2.24, 2.45) is 0 Å². The quantitative estimate of drug-likeness (QED) is 0.494. The van der Waals surface area contributed by atoms with Crippen LogP contribution in [0.5, 0.6) is 5.75 Å². The van der Waals surface area contributed by atoms with E-state index < -0.39 is 4.92 Å².